The third kappa shape index (κ3) is 3.50. The Morgan fingerprint density at radius 2 is 1.96 bits per heavy atom. The second kappa shape index (κ2) is 6.48. The summed E-state index contributed by atoms with van der Waals surface area (Å²) in [5.41, 5.74) is 2.44. The maximum Gasteiger partial charge on any atom is 0.507 e. The minimum Gasteiger partial charge on any atom is -0.450 e. The molecule has 0 radical (unpaired) electrons. The van der Waals surface area contributed by atoms with E-state index in [1.807, 2.05) is 18.2 Å². The number of nitrogens with one attached hydrogen (secondary N) is 1. The van der Waals surface area contributed by atoms with E-state index in [0.717, 1.165) is 11.1 Å². The first-order chi connectivity index (χ1) is 10.9. The lowest BCUT2D eigenvalue weighted by atomic mass is 9.84. The number of rotatable bonds is 2. The van der Waals surface area contributed by atoms with Gasteiger partial charge in [0.1, 0.15) is 0 Å². The molecule has 23 heavy (non-hydrogen) atoms. The number of anilines is 1. The van der Waals surface area contributed by atoms with Crippen LogP contribution in [0, 0.1) is 0 Å². The fraction of sp³-hybridized carbons (Fsp3) is 0.188. The average molecular weight is 373 g/mol. The molecule has 0 spiro atoms. The summed E-state index contributed by atoms with van der Waals surface area (Å²) in [4.78, 5) is 10.9. The SMILES string of the molecule is O=C(O)OC1CC(c2cccc(Cl)c2)c2c(Cl)cc(Cl)cc2N1. The normalized spacial score (nSPS) is 19.6. The van der Waals surface area contributed by atoms with Crippen LogP contribution in [0.15, 0.2) is 36.4 Å². The number of carboxylic acid groups (broad SMARTS) is 1. The standard InChI is InChI=1S/C16H12Cl3NO3/c17-9-3-1-2-8(4-9)11-7-14(23-16(21)22)20-13-6-10(18)5-12(19)15(11)13/h1-6,11,14,20H,7H2,(H,21,22). The molecule has 0 aliphatic carbocycles. The molecule has 1 heterocycles. The molecule has 2 atom stereocenters. The number of halogens is 3. The van der Waals surface area contributed by atoms with Gasteiger partial charge in [-0.2, -0.15) is 0 Å². The molecule has 2 unspecified atom stereocenters. The zero-order valence-electron chi connectivity index (χ0n) is 11.7. The van der Waals surface area contributed by atoms with E-state index >= 15 is 0 Å². The summed E-state index contributed by atoms with van der Waals surface area (Å²) in [7, 11) is 0. The van der Waals surface area contributed by atoms with Crippen molar-refractivity contribution < 1.29 is 14.6 Å². The Morgan fingerprint density at radius 1 is 1.17 bits per heavy atom. The highest BCUT2D eigenvalue weighted by Gasteiger charge is 2.32. The van der Waals surface area contributed by atoms with Crippen molar-refractivity contribution in [2.45, 2.75) is 18.6 Å². The van der Waals surface area contributed by atoms with Gasteiger partial charge in [0.2, 0.25) is 0 Å². The van der Waals surface area contributed by atoms with E-state index in [1.165, 1.54) is 0 Å². The lowest BCUT2D eigenvalue weighted by Crippen LogP contribution is -2.32. The topological polar surface area (TPSA) is 58.6 Å². The lowest BCUT2D eigenvalue weighted by molar-refractivity contribution is 0.0562. The minimum absolute atomic E-state index is 0.154. The Bertz CT molecular complexity index is 766. The highest BCUT2D eigenvalue weighted by atomic mass is 35.5. The van der Waals surface area contributed by atoms with Crippen LogP contribution in [-0.2, 0) is 4.74 Å². The van der Waals surface area contributed by atoms with Gasteiger partial charge in [-0.25, -0.2) is 4.79 Å². The Balaban J connectivity index is 2.09. The van der Waals surface area contributed by atoms with Crippen LogP contribution in [0.4, 0.5) is 10.5 Å². The maximum atomic E-state index is 10.9. The van der Waals surface area contributed by atoms with Gasteiger partial charge in [-0.15, -0.1) is 0 Å². The number of hydrogen-bond acceptors (Lipinski definition) is 3. The first-order valence-electron chi connectivity index (χ1n) is 6.84. The Hall–Kier alpha value is -1.62. The highest BCUT2D eigenvalue weighted by molar-refractivity contribution is 6.35. The molecule has 1 aliphatic heterocycles. The summed E-state index contributed by atoms with van der Waals surface area (Å²) >= 11 is 18.5. The van der Waals surface area contributed by atoms with Gasteiger partial charge in [-0.3, -0.25) is 0 Å². The number of benzene rings is 2. The fourth-order valence-electron chi connectivity index (χ4n) is 2.85. The molecule has 0 bridgehead atoms. The van der Waals surface area contributed by atoms with Gasteiger partial charge in [0.15, 0.2) is 6.23 Å². The zero-order chi connectivity index (χ0) is 16.6. The molecule has 4 nitrogen and oxygen atoms in total. The molecule has 7 heteroatoms. The van der Waals surface area contributed by atoms with E-state index < -0.39 is 12.4 Å². The van der Waals surface area contributed by atoms with Crippen LogP contribution in [0.1, 0.15) is 23.5 Å². The molecule has 2 N–H and O–H groups in total. The second-order valence-electron chi connectivity index (χ2n) is 5.21. The van der Waals surface area contributed by atoms with Crippen molar-refractivity contribution in [3.8, 4) is 0 Å². The van der Waals surface area contributed by atoms with Crippen LogP contribution in [0.5, 0.6) is 0 Å². The molecule has 2 aromatic rings. The smallest absolute Gasteiger partial charge is 0.450 e. The van der Waals surface area contributed by atoms with E-state index in [9.17, 15) is 4.79 Å². The highest BCUT2D eigenvalue weighted by Crippen LogP contribution is 2.44. The van der Waals surface area contributed by atoms with Crippen LogP contribution < -0.4 is 5.32 Å². The Kier molecular flexibility index (Phi) is 4.57. The molecule has 1 aliphatic rings. The molecule has 0 saturated heterocycles. The molecular weight excluding hydrogens is 361 g/mol. The van der Waals surface area contributed by atoms with E-state index in [-0.39, 0.29) is 5.92 Å². The first-order valence-corrected chi connectivity index (χ1v) is 7.98. The summed E-state index contributed by atoms with van der Waals surface area (Å²) in [6, 6.07) is 10.8. The summed E-state index contributed by atoms with van der Waals surface area (Å²) in [5, 5.41) is 13.5. The quantitative estimate of drug-likeness (QED) is 0.672. The number of hydrogen-bond donors (Lipinski definition) is 2. The van der Waals surface area contributed by atoms with Crippen molar-refractivity contribution in [3.63, 3.8) is 0 Å². The monoisotopic (exact) mass is 371 g/mol. The van der Waals surface area contributed by atoms with E-state index in [1.54, 1.807) is 18.2 Å². The predicted molar refractivity (Wildman–Crippen MR) is 90.9 cm³/mol. The van der Waals surface area contributed by atoms with Gasteiger partial charge in [-0.1, -0.05) is 46.9 Å². The van der Waals surface area contributed by atoms with Crippen molar-refractivity contribution in [1.29, 1.82) is 0 Å². The maximum absolute atomic E-state index is 10.9. The molecule has 0 saturated carbocycles. The summed E-state index contributed by atoms with van der Waals surface area (Å²) in [6.45, 7) is 0. The third-order valence-electron chi connectivity index (χ3n) is 3.70. The summed E-state index contributed by atoms with van der Waals surface area (Å²) in [5.74, 6) is -0.154. The summed E-state index contributed by atoms with van der Waals surface area (Å²) in [6.07, 6.45) is -1.64. The third-order valence-corrected chi connectivity index (χ3v) is 4.47. The number of fused-ring (bicyclic) bond motifs is 1. The van der Waals surface area contributed by atoms with Gasteiger partial charge in [0.05, 0.1) is 0 Å². The largest absolute Gasteiger partial charge is 0.507 e. The molecule has 2 aromatic carbocycles. The van der Waals surface area contributed by atoms with Crippen LogP contribution >= 0.6 is 34.8 Å². The molecule has 0 amide bonds. The van der Waals surface area contributed by atoms with Crippen molar-refractivity contribution in [2.24, 2.45) is 0 Å². The van der Waals surface area contributed by atoms with Crippen molar-refractivity contribution in [2.75, 3.05) is 5.32 Å². The van der Waals surface area contributed by atoms with Gasteiger partial charge >= 0.3 is 6.16 Å². The molecule has 0 aromatic heterocycles. The number of carbonyl (C=O) groups is 1. The fourth-order valence-corrected chi connectivity index (χ4v) is 3.67. The van der Waals surface area contributed by atoms with Crippen LogP contribution in [0.3, 0.4) is 0 Å². The lowest BCUT2D eigenvalue weighted by Gasteiger charge is -2.33. The van der Waals surface area contributed by atoms with Crippen LogP contribution in [0.25, 0.3) is 0 Å². The minimum atomic E-state index is -1.34. The first kappa shape index (κ1) is 16.2. The van der Waals surface area contributed by atoms with Crippen LogP contribution in [0.2, 0.25) is 15.1 Å². The van der Waals surface area contributed by atoms with Crippen molar-refractivity contribution >= 4 is 46.6 Å². The molecule has 3 rings (SSSR count). The van der Waals surface area contributed by atoms with Crippen molar-refractivity contribution in [1.82, 2.24) is 0 Å². The molecule has 120 valence electrons. The number of ether oxygens (including phenoxy) is 1. The zero-order valence-corrected chi connectivity index (χ0v) is 14.0. The van der Waals surface area contributed by atoms with Gasteiger partial charge in [0.25, 0.3) is 0 Å². The Morgan fingerprint density at radius 3 is 2.65 bits per heavy atom. The average Bonchev–Trinajstić information content (AvgIpc) is 2.45. The van der Waals surface area contributed by atoms with Crippen molar-refractivity contribution in [3.05, 3.63) is 62.6 Å². The van der Waals surface area contributed by atoms with Gasteiger partial charge in [-0.05, 0) is 29.8 Å². The summed E-state index contributed by atoms with van der Waals surface area (Å²) < 4.78 is 4.90. The second-order valence-corrected chi connectivity index (χ2v) is 6.49. The Labute approximate surface area is 147 Å². The van der Waals surface area contributed by atoms with E-state index in [0.29, 0.717) is 27.2 Å². The van der Waals surface area contributed by atoms with E-state index in [4.69, 9.17) is 44.6 Å². The van der Waals surface area contributed by atoms with Gasteiger partial charge in [0, 0.05) is 38.7 Å². The predicted octanol–water partition coefficient (Wildman–Crippen LogP) is 5.62. The van der Waals surface area contributed by atoms with Gasteiger partial charge < -0.3 is 15.2 Å². The van der Waals surface area contributed by atoms with Crippen LogP contribution in [-0.4, -0.2) is 17.5 Å². The molecular formula is C16H12Cl3NO3. The molecule has 0 fully saturated rings. The van der Waals surface area contributed by atoms with E-state index in [2.05, 4.69) is 5.32 Å².